The molecule has 1 amide bonds. The molecule has 0 spiro atoms. The number of benzene rings is 2. The molecule has 0 atom stereocenters. The van der Waals surface area contributed by atoms with Gasteiger partial charge in [0.15, 0.2) is 0 Å². The summed E-state index contributed by atoms with van der Waals surface area (Å²) in [6.45, 7) is 3.68. The molecule has 3 rings (SSSR count). The van der Waals surface area contributed by atoms with Gasteiger partial charge in [-0.1, -0.05) is 48.2 Å². The fourth-order valence-corrected chi connectivity index (χ4v) is 2.79. The molecule has 28 heavy (non-hydrogen) atoms. The lowest BCUT2D eigenvalue weighted by molar-refractivity contribution is 0.0785. The van der Waals surface area contributed by atoms with Crippen molar-refractivity contribution in [1.82, 2.24) is 15.1 Å². The van der Waals surface area contributed by atoms with Crippen molar-refractivity contribution < 1.29 is 9.90 Å². The van der Waals surface area contributed by atoms with Crippen LogP contribution in [-0.4, -0.2) is 38.8 Å². The predicted octanol–water partition coefficient (Wildman–Crippen LogP) is 3.47. The van der Waals surface area contributed by atoms with E-state index >= 15 is 0 Å². The second-order valence-electron chi connectivity index (χ2n) is 7.19. The van der Waals surface area contributed by atoms with Crippen molar-refractivity contribution >= 4 is 5.91 Å². The van der Waals surface area contributed by atoms with Crippen molar-refractivity contribution in [3.05, 3.63) is 77.5 Å². The molecule has 1 aromatic heterocycles. The van der Waals surface area contributed by atoms with E-state index < -0.39 is 5.60 Å². The molecule has 2 N–H and O–H groups in total. The average Bonchev–Trinajstić information content (AvgIpc) is 3.14. The first kappa shape index (κ1) is 19.4. The molecule has 2 aromatic carbocycles. The molecule has 0 aliphatic carbocycles. The molecule has 0 unspecified atom stereocenters. The summed E-state index contributed by atoms with van der Waals surface area (Å²) in [7, 11) is 1.76. The van der Waals surface area contributed by atoms with Crippen LogP contribution in [0.3, 0.4) is 0 Å². The third-order valence-electron chi connectivity index (χ3n) is 4.16. The minimum absolute atomic E-state index is 0.105. The van der Waals surface area contributed by atoms with Gasteiger partial charge < -0.3 is 10.0 Å². The van der Waals surface area contributed by atoms with Crippen LogP contribution in [0.15, 0.2) is 60.8 Å². The van der Waals surface area contributed by atoms with E-state index in [1.54, 1.807) is 50.2 Å². The number of hydrogen-bond acceptors (Lipinski definition) is 3. The summed E-state index contributed by atoms with van der Waals surface area (Å²) < 4.78 is 0. The SMILES string of the molecule is CN(Cc1cn[nH]c1-c1ccccc1)C(=O)c1cccc(C#CC(C)(C)O)c1. The molecule has 1 heterocycles. The second-order valence-corrected chi connectivity index (χ2v) is 7.19. The quantitative estimate of drug-likeness (QED) is 0.688. The predicted molar refractivity (Wildman–Crippen MR) is 109 cm³/mol. The van der Waals surface area contributed by atoms with Crippen molar-refractivity contribution in [3.8, 4) is 23.1 Å². The highest BCUT2D eigenvalue weighted by Crippen LogP contribution is 2.22. The summed E-state index contributed by atoms with van der Waals surface area (Å²) in [6.07, 6.45) is 1.75. The van der Waals surface area contributed by atoms with Crippen LogP contribution < -0.4 is 0 Å². The number of carbonyl (C=O) groups excluding carboxylic acids is 1. The molecule has 5 heteroatoms. The number of nitrogens with zero attached hydrogens (tertiary/aromatic N) is 2. The lowest BCUT2D eigenvalue weighted by Crippen LogP contribution is -2.26. The third-order valence-corrected chi connectivity index (χ3v) is 4.16. The molecule has 3 aromatic rings. The van der Waals surface area contributed by atoms with E-state index in [1.807, 2.05) is 36.4 Å². The Kier molecular flexibility index (Phi) is 5.62. The van der Waals surface area contributed by atoms with Crippen LogP contribution in [0.2, 0.25) is 0 Å². The van der Waals surface area contributed by atoms with E-state index in [-0.39, 0.29) is 5.91 Å². The monoisotopic (exact) mass is 373 g/mol. The zero-order chi connectivity index (χ0) is 20.1. The molecule has 5 nitrogen and oxygen atoms in total. The molecule has 0 saturated heterocycles. The number of hydrogen-bond donors (Lipinski definition) is 2. The minimum Gasteiger partial charge on any atom is -0.378 e. The topological polar surface area (TPSA) is 69.2 Å². The zero-order valence-electron chi connectivity index (χ0n) is 16.2. The van der Waals surface area contributed by atoms with Gasteiger partial charge in [0, 0.05) is 30.3 Å². The first-order valence-electron chi connectivity index (χ1n) is 9.02. The Bertz CT molecular complexity index is 1020. The molecule has 0 saturated carbocycles. The van der Waals surface area contributed by atoms with Crippen molar-refractivity contribution in [3.63, 3.8) is 0 Å². The fourth-order valence-electron chi connectivity index (χ4n) is 2.79. The van der Waals surface area contributed by atoms with Crippen LogP contribution in [0.5, 0.6) is 0 Å². The largest absolute Gasteiger partial charge is 0.378 e. The van der Waals surface area contributed by atoms with Crippen molar-refractivity contribution in [2.75, 3.05) is 7.05 Å². The maximum atomic E-state index is 12.9. The fraction of sp³-hybridized carbons (Fsp3) is 0.217. The Morgan fingerprint density at radius 1 is 1.18 bits per heavy atom. The van der Waals surface area contributed by atoms with E-state index in [9.17, 15) is 9.90 Å². The second kappa shape index (κ2) is 8.12. The van der Waals surface area contributed by atoms with Gasteiger partial charge in [-0.15, -0.1) is 0 Å². The van der Waals surface area contributed by atoms with Gasteiger partial charge in [0.05, 0.1) is 11.9 Å². The normalized spacial score (nSPS) is 10.9. The van der Waals surface area contributed by atoms with Crippen molar-refractivity contribution in [1.29, 1.82) is 0 Å². The highest BCUT2D eigenvalue weighted by Gasteiger charge is 2.16. The standard InChI is InChI=1S/C23H23N3O2/c1-23(2,28)13-12-17-8-7-11-19(14-17)22(27)26(3)16-20-15-24-25-21(20)18-9-5-4-6-10-18/h4-11,14-15,28H,16H2,1-3H3,(H,24,25). The lowest BCUT2D eigenvalue weighted by atomic mass is 10.1. The third kappa shape index (κ3) is 4.87. The Labute approximate surface area is 165 Å². The number of H-pyrrole nitrogens is 1. The lowest BCUT2D eigenvalue weighted by Gasteiger charge is -2.17. The van der Waals surface area contributed by atoms with Gasteiger partial charge in [0.25, 0.3) is 5.91 Å². The molecular weight excluding hydrogens is 350 g/mol. The van der Waals surface area contributed by atoms with Crippen LogP contribution in [-0.2, 0) is 6.54 Å². The first-order valence-corrected chi connectivity index (χ1v) is 9.02. The zero-order valence-corrected chi connectivity index (χ0v) is 16.2. The van der Waals surface area contributed by atoms with Gasteiger partial charge in [-0.05, 0) is 37.6 Å². The van der Waals surface area contributed by atoms with Gasteiger partial charge in [-0.25, -0.2) is 0 Å². The number of amides is 1. The van der Waals surface area contributed by atoms with E-state index in [4.69, 9.17) is 0 Å². The molecule has 0 radical (unpaired) electrons. The molecule has 142 valence electrons. The van der Waals surface area contributed by atoms with Gasteiger partial charge >= 0.3 is 0 Å². The van der Waals surface area contributed by atoms with Crippen LogP contribution >= 0.6 is 0 Å². The Balaban J connectivity index is 1.78. The smallest absolute Gasteiger partial charge is 0.253 e. The highest BCUT2D eigenvalue weighted by atomic mass is 16.3. The van der Waals surface area contributed by atoms with Crippen molar-refractivity contribution in [2.24, 2.45) is 0 Å². The summed E-state index contributed by atoms with van der Waals surface area (Å²) in [5.41, 5.74) is 3.04. The maximum Gasteiger partial charge on any atom is 0.253 e. The molecule has 0 aliphatic heterocycles. The van der Waals surface area contributed by atoms with E-state index in [0.717, 1.165) is 16.8 Å². The molecule has 0 bridgehead atoms. The Morgan fingerprint density at radius 3 is 2.64 bits per heavy atom. The average molecular weight is 373 g/mol. The van der Waals surface area contributed by atoms with Crippen molar-refractivity contribution in [2.45, 2.75) is 26.0 Å². The number of rotatable bonds is 4. The van der Waals surface area contributed by atoms with Crippen LogP contribution in [0, 0.1) is 11.8 Å². The first-order chi connectivity index (χ1) is 13.3. The van der Waals surface area contributed by atoms with E-state index in [2.05, 4.69) is 22.0 Å². The van der Waals surface area contributed by atoms with E-state index in [1.165, 1.54) is 0 Å². The molecule has 0 fully saturated rings. The molecule has 0 aliphatic rings. The van der Waals surface area contributed by atoms with Gasteiger partial charge in [-0.3, -0.25) is 9.89 Å². The van der Waals surface area contributed by atoms with Gasteiger partial charge in [-0.2, -0.15) is 5.10 Å². The number of aromatic amines is 1. The maximum absolute atomic E-state index is 12.9. The number of aromatic nitrogens is 2. The number of carbonyl (C=O) groups is 1. The summed E-state index contributed by atoms with van der Waals surface area (Å²) in [5, 5.41) is 16.9. The summed E-state index contributed by atoms with van der Waals surface area (Å²) in [6, 6.07) is 17.0. The number of nitrogens with one attached hydrogen (secondary N) is 1. The van der Waals surface area contributed by atoms with Gasteiger partial charge in [0.1, 0.15) is 5.60 Å². The van der Waals surface area contributed by atoms with Crippen LogP contribution in [0.4, 0.5) is 0 Å². The van der Waals surface area contributed by atoms with E-state index in [0.29, 0.717) is 17.7 Å². The van der Waals surface area contributed by atoms with Crippen LogP contribution in [0.25, 0.3) is 11.3 Å². The highest BCUT2D eigenvalue weighted by molar-refractivity contribution is 5.94. The van der Waals surface area contributed by atoms with Gasteiger partial charge in [0.2, 0.25) is 0 Å². The Hall–Kier alpha value is -3.36. The summed E-state index contributed by atoms with van der Waals surface area (Å²) in [4.78, 5) is 14.5. The Morgan fingerprint density at radius 2 is 1.93 bits per heavy atom. The summed E-state index contributed by atoms with van der Waals surface area (Å²) in [5.74, 6) is 5.57. The summed E-state index contributed by atoms with van der Waals surface area (Å²) >= 11 is 0. The minimum atomic E-state index is -1.08. The number of aliphatic hydroxyl groups is 1. The molecular formula is C23H23N3O2. The van der Waals surface area contributed by atoms with Crippen LogP contribution in [0.1, 0.15) is 35.3 Å².